The number of nitriles is 1. The second kappa shape index (κ2) is 6.21. The third kappa shape index (κ3) is 3.71. The van der Waals surface area contributed by atoms with Crippen LogP contribution >= 0.6 is 0 Å². The van der Waals surface area contributed by atoms with E-state index in [1.54, 1.807) is 6.92 Å². The summed E-state index contributed by atoms with van der Waals surface area (Å²) in [7, 11) is 0. The van der Waals surface area contributed by atoms with Crippen molar-refractivity contribution in [1.29, 1.82) is 5.26 Å². The Labute approximate surface area is 100 Å². The molecular formula is C11H17N3O3. The van der Waals surface area contributed by atoms with Crippen LogP contribution in [0, 0.1) is 17.2 Å². The fraction of sp³-hybridized carbons (Fsp3) is 0.727. The first-order valence-corrected chi connectivity index (χ1v) is 5.64. The van der Waals surface area contributed by atoms with Gasteiger partial charge < -0.3 is 15.8 Å². The molecule has 3 atom stereocenters. The van der Waals surface area contributed by atoms with Gasteiger partial charge in [0, 0.05) is 13.0 Å². The van der Waals surface area contributed by atoms with E-state index in [1.807, 2.05) is 6.07 Å². The van der Waals surface area contributed by atoms with Gasteiger partial charge in [0.2, 0.25) is 11.8 Å². The molecule has 0 bridgehead atoms. The summed E-state index contributed by atoms with van der Waals surface area (Å²) in [6.45, 7) is 2.27. The lowest BCUT2D eigenvalue weighted by molar-refractivity contribution is -0.134. The predicted molar refractivity (Wildman–Crippen MR) is 59.5 cm³/mol. The van der Waals surface area contributed by atoms with E-state index in [0.29, 0.717) is 13.0 Å². The number of ether oxygens (including phenoxy) is 1. The normalized spacial score (nSPS) is 22.5. The van der Waals surface area contributed by atoms with Crippen molar-refractivity contribution in [2.45, 2.75) is 38.3 Å². The summed E-state index contributed by atoms with van der Waals surface area (Å²) in [5.41, 5.74) is 5.21. The highest BCUT2D eigenvalue weighted by atomic mass is 16.5. The van der Waals surface area contributed by atoms with Crippen LogP contribution in [0.2, 0.25) is 0 Å². The lowest BCUT2D eigenvalue weighted by Gasteiger charge is -2.21. The number of nitrogens with two attached hydrogens (primary N) is 1. The summed E-state index contributed by atoms with van der Waals surface area (Å²) in [6, 6.07) is 1.14. The van der Waals surface area contributed by atoms with Crippen LogP contribution in [0.25, 0.3) is 0 Å². The molecule has 1 rings (SSSR count). The number of carbonyl (C=O) groups is 2. The second-order valence-electron chi connectivity index (χ2n) is 4.23. The van der Waals surface area contributed by atoms with Crippen LogP contribution < -0.4 is 11.1 Å². The van der Waals surface area contributed by atoms with Gasteiger partial charge >= 0.3 is 0 Å². The fourth-order valence-corrected chi connectivity index (χ4v) is 1.79. The van der Waals surface area contributed by atoms with Gasteiger partial charge in [0.05, 0.1) is 6.07 Å². The van der Waals surface area contributed by atoms with Crippen LogP contribution in [0.4, 0.5) is 0 Å². The predicted octanol–water partition coefficient (Wildman–Crippen LogP) is -0.315. The van der Waals surface area contributed by atoms with Crippen molar-refractivity contribution in [3.05, 3.63) is 0 Å². The zero-order chi connectivity index (χ0) is 12.8. The molecule has 0 aromatic heterocycles. The van der Waals surface area contributed by atoms with Crippen LogP contribution in [0.1, 0.15) is 26.2 Å². The first-order valence-electron chi connectivity index (χ1n) is 5.64. The van der Waals surface area contributed by atoms with E-state index in [0.717, 1.165) is 6.42 Å². The molecule has 0 saturated carbocycles. The molecule has 1 heterocycles. The Morgan fingerprint density at radius 3 is 2.82 bits per heavy atom. The summed E-state index contributed by atoms with van der Waals surface area (Å²) in [5, 5.41) is 11.1. The summed E-state index contributed by atoms with van der Waals surface area (Å²) < 4.78 is 5.21. The van der Waals surface area contributed by atoms with Crippen LogP contribution in [0.5, 0.6) is 0 Å². The number of carbonyl (C=O) groups excluding carboxylic acids is 2. The number of amides is 2. The average Bonchev–Trinajstić information content (AvgIpc) is 2.78. The zero-order valence-electron chi connectivity index (χ0n) is 9.81. The Hall–Kier alpha value is -1.61. The van der Waals surface area contributed by atoms with E-state index in [-0.39, 0.29) is 18.2 Å². The van der Waals surface area contributed by atoms with E-state index in [4.69, 9.17) is 15.7 Å². The van der Waals surface area contributed by atoms with Gasteiger partial charge in [0.15, 0.2) is 0 Å². The van der Waals surface area contributed by atoms with Crippen LogP contribution in [0.15, 0.2) is 0 Å². The monoisotopic (exact) mass is 239 g/mol. The second-order valence-corrected chi connectivity index (χ2v) is 4.23. The SMILES string of the molecule is C[C@@H](CC#N)[C@H](NC(=O)[C@@H]1CCCO1)C(N)=O. The third-order valence-electron chi connectivity index (χ3n) is 2.81. The van der Waals surface area contributed by atoms with Crippen LogP contribution in [-0.2, 0) is 14.3 Å². The first kappa shape index (κ1) is 13.5. The Bertz CT molecular complexity index is 331. The van der Waals surface area contributed by atoms with Crippen molar-refractivity contribution in [2.75, 3.05) is 6.61 Å². The third-order valence-corrected chi connectivity index (χ3v) is 2.81. The van der Waals surface area contributed by atoms with E-state index in [2.05, 4.69) is 5.32 Å². The molecule has 1 fully saturated rings. The molecule has 6 heteroatoms. The molecule has 17 heavy (non-hydrogen) atoms. The topological polar surface area (TPSA) is 105 Å². The minimum atomic E-state index is -0.814. The number of hydrogen-bond acceptors (Lipinski definition) is 4. The highest BCUT2D eigenvalue weighted by Crippen LogP contribution is 2.13. The van der Waals surface area contributed by atoms with E-state index in [9.17, 15) is 9.59 Å². The lowest BCUT2D eigenvalue weighted by atomic mass is 9.98. The minimum Gasteiger partial charge on any atom is -0.368 e. The van der Waals surface area contributed by atoms with Gasteiger partial charge in [-0.05, 0) is 18.8 Å². The molecule has 1 aliphatic rings. The number of nitrogens with one attached hydrogen (secondary N) is 1. The van der Waals surface area contributed by atoms with E-state index in [1.165, 1.54) is 0 Å². The Kier molecular flexibility index (Phi) is 4.91. The fourth-order valence-electron chi connectivity index (χ4n) is 1.79. The van der Waals surface area contributed by atoms with Crippen molar-refractivity contribution in [3.8, 4) is 6.07 Å². The molecule has 1 aliphatic heterocycles. The van der Waals surface area contributed by atoms with Crippen molar-refractivity contribution in [1.82, 2.24) is 5.32 Å². The lowest BCUT2D eigenvalue weighted by Crippen LogP contribution is -2.51. The molecule has 0 aromatic carbocycles. The maximum Gasteiger partial charge on any atom is 0.249 e. The highest BCUT2D eigenvalue weighted by Gasteiger charge is 2.30. The summed E-state index contributed by atoms with van der Waals surface area (Å²) >= 11 is 0. The Balaban J connectivity index is 2.57. The Morgan fingerprint density at radius 2 is 2.35 bits per heavy atom. The van der Waals surface area contributed by atoms with Gasteiger partial charge in [0.25, 0.3) is 0 Å². The zero-order valence-corrected chi connectivity index (χ0v) is 9.81. The summed E-state index contributed by atoms with van der Waals surface area (Å²) in [6.07, 6.45) is 1.17. The molecule has 0 radical (unpaired) electrons. The van der Waals surface area contributed by atoms with Crippen molar-refractivity contribution >= 4 is 11.8 Å². The molecular weight excluding hydrogens is 222 g/mol. The van der Waals surface area contributed by atoms with E-state index < -0.39 is 18.1 Å². The molecule has 0 unspecified atom stereocenters. The molecule has 0 aromatic rings. The number of primary amides is 1. The maximum absolute atomic E-state index is 11.7. The van der Waals surface area contributed by atoms with Gasteiger partial charge in [-0.3, -0.25) is 9.59 Å². The number of rotatable bonds is 5. The van der Waals surface area contributed by atoms with Crippen LogP contribution in [-0.4, -0.2) is 30.6 Å². The largest absolute Gasteiger partial charge is 0.368 e. The Morgan fingerprint density at radius 1 is 1.65 bits per heavy atom. The standard InChI is InChI=1S/C11H17N3O3/c1-7(4-5-12)9(10(13)15)14-11(16)8-3-2-6-17-8/h7-9H,2-4,6H2,1H3,(H2,13,15)(H,14,16)/t7-,8-,9-/m0/s1. The first-order chi connectivity index (χ1) is 8.06. The smallest absolute Gasteiger partial charge is 0.249 e. The average molecular weight is 239 g/mol. The van der Waals surface area contributed by atoms with Crippen molar-refractivity contribution in [3.63, 3.8) is 0 Å². The molecule has 2 amide bonds. The van der Waals surface area contributed by atoms with Crippen LogP contribution in [0.3, 0.4) is 0 Å². The quantitative estimate of drug-likeness (QED) is 0.686. The van der Waals surface area contributed by atoms with Gasteiger partial charge in [-0.15, -0.1) is 0 Å². The molecule has 0 aliphatic carbocycles. The number of nitrogens with zero attached hydrogens (tertiary/aromatic N) is 1. The van der Waals surface area contributed by atoms with Crippen molar-refractivity contribution in [2.24, 2.45) is 11.7 Å². The summed E-state index contributed by atoms with van der Waals surface area (Å²) in [5.74, 6) is -1.25. The van der Waals surface area contributed by atoms with E-state index >= 15 is 0 Å². The maximum atomic E-state index is 11.7. The van der Waals surface area contributed by atoms with Gasteiger partial charge in [0.1, 0.15) is 12.1 Å². The minimum absolute atomic E-state index is 0.166. The van der Waals surface area contributed by atoms with Gasteiger partial charge in [-0.25, -0.2) is 0 Å². The molecule has 3 N–H and O–H groups in total. The van der Waals surface area contributed by atoms with Gasteiger partial charge in [-0.2, -0.15) is 5.26 Å². The highest BCUT2D eigenvalue weighted by molar-refractivity contribution is 5.88. The molecule has 94 valence electrons. The van der Waals surface area contributed by atoms with Crippen molar-refractivity contribution < 1.29 is 14.3 Å². The molecule has 6 nitrogen and oxygen atoms in total. The molecule has 0 spiro atoms. The molecule has 1 saturated heterocycles. The van der Waals surface area contributed by atoms with Gasteiger partial charge in [-0.1, -0.05) is 6.92 Å². The summed E-state index contributed by atoms with van der Waals surface area (Å²) in [4.78, 5) is 23.0. The number of hydrogen-bond donors (Lipinski definition) is 2.